The highest BCUT2D eigenvalue weighted by atomic mass is 16.5. The van der Waals surface area contributed by atoms with Crippen LogP contribution in [0.15, 0.2) is 101 Å². The number of benzene rings is 4. The lowest BCUT2D eigenvalue weighted by atomic mass is 10.1. The summed E-state index contributed by atoms with van der Waals surface area (Å²) in [5.41, 5.74) is 3.61. The molecule has 0 bridgehead atoms. The second-order valence-electron chi connectivity index (χ2n) is 10.1. The van der Waals surface area contributed by atoms with Gasteiger partial charge in [0.05, 0.1) is 12.2 Å². The van der Waals surface area contributed by atoms with Crippen molar-refractivity contribution in [2.24, 2.45) is 10.2 Å². The molecule has 202 valence electrons. The largest absolute Gasteiger partial charge is 0.493 e. The van der Waals surface area contributed by atoms with Gasteiger partial charge in [-0.2, -0.15) is 0 Å². The molecule has 1 aromatic heterocycles. The number of fused-ring (bicyclic) bond motifs is 2. The van der Waals surface area contributed by atoms with E-state index < -0.39 is 5.91 Å². The predicted octanol–water partition coefficient (Wildman–Crippen LogP) is 6.28. The number of piperazine rings is 1. The minimum Gasteiger partial charge on any atom is -0.493 e. The van der Waals surface area contributed by atoms with Gasteiger partial charge in [0.1, 0.15) is 5.75 Å². The molecule has 1 fully saturated rings. The molecule has 4 aromatic carbocycles. The Hall–Kier alpha value is -4.69. The van der Waals surface area contributed by atoms with Crippen molar-refractivity contribution in [3.05, 3.63) is 96.6 Å². The van der Waals surface area contributed by atoms with Crippen LogP contribution in [0.3, 0.4) is 0 Å². The first-order chi connectivity index (χ1) is 19.5. The van der Waals surface area contributed by atoms with Crippen molar-refractivity contribution in [1.29, 1.82) is 0 Å². The smallest absolute Gasteiger partial charge is 0.302 e. The van der Waals surface area contributed by atoms with Crippen LogP contribution >= 0.6 is 0 Å². The minimum atomic E-state index is -0.531. The molecule has 0 aliphatic carbocycles. The van der Waals surface area contributed by atoms with Gasteiger partial charge in [0.2, 0.25) is 5.88 Å². The van der Waals surface area contributed by atoms with E-state index >= 15 is 0 Å². The number of carbonyl (C=O) groups excluding carboxylic acids is 1. The molecule has 0 spiro atoms. The van der Waals surface area contributed by atoms with Crippen molar-refractivity contribution in [1.82, 2.24) is 9.47 Å². The van der Waals surface area contributed by atoms with Crippen molar-refractivity contribution < 1.29 is 14.6 Å². The maximum Gasteiger partial charge on any atom is 0.302 e. The summed E-state index contributed by atoms with van der Waals surface area (Å²) in [4.78, 5) is 17.2. The average Bonchev–Trinajstić information content (AvgIpc) is 3.25. The van der Waals surface area contributed by atoms with Crippen molar-refractivity contribution in [3.8, 4) is 11.6 Å². The lowest BCUT2D eigenvalue weighted by Crippen LogP contribution is -2.46. The van der Waals surface area contributed by atoms with Crippen molar-refractivity contribution in [2.75, 3.05) is 37.7 Å². The van der Waals surface area contributed by atoms with Crippen LogP contribution in [0.4, 0.5) is 11.4 Å². The van der Waals surface area contributed by atoms with E-state index in [-0.39, 0.29) is 18.2 Å². The molecule has 0 radical (unpaired) electrons. The third-order valence-electron chi connectivity index (χ3n) is 7.38. The molecule has 0 atom stereocenters. The molecule has 1 aliphatic heterocycles. The number of aromatic hydroxyl groups is 1. The van der Waals surface area contributed by atoms with Gasteiger partial charge in [-0.15, -0.1) is 10.2 Å². The first-order valence-electron chi connectivity index (χ1n) is 13.5. The third-order valence-corrected chi connectivity index (χ3v) is 7.38. The molecule has 0 saturated carbocycles. The number of azo groups is 1. The summed E-state index contributed by atoms with van der Waals surface area (Å²) in [6.07, 6.45) is 0. The number of anilines is 1. The van der Waals surface area contributed by atoms with Crippen molar-refractivity contribution >= 4 is 39.0 Å². The van der Waals surface area contributed by atoms with E-state index in [4.69, 9.17) is 4.74 Å². The summed E-state index contributed by atoms with van der Waals surface area (Å²) < 4.78 is 7.49. The fourth-order valence-electron chi connectivity index (χ4n) is 5.15. The van der Waals surface area contributed by atoms with Crippen LogP contribution < -0.4 is 9.64 Å². The lowest BCUT2D eigenvalue weighted by Gasteiger charge is -2.36. The second-order valence-corrected chi connectivity index (χ2v) is 10.1. The molecule has 0 unspecified atom stereocenters. The number of aromatic nitrogens is 1. The van der Waals surface area contributed by atoms with Crippen LogP contribution in [-0.4, -0.2) is 53.3 Å². The Balaban J connectivity index is 1.13. The number of para-hydroxylation sites is 1. The quantitative estimate of drug-likeness (QED) is 0.249. The van der Waals surface area contributed by atoms with Gasteiger partial charge >= 0.3 is 5.91 Å². The molecule has 1 N–H and O–H groups in total. The van der Waals surface area contributed by atoms with Crippen LogP contribution in [0.1, 0.15) is 5.56 Å². The topological polar surface area (TPSA) is 82.7 Å². The first kappa shape index (κ1) is 25.6. The molecule has 8 nitrogen and oxygen atoms in total. The molecule has 1 saturated heterocycles. The summed E-state index contributed by atoms with van der Waals surface area (Å²) in [7, 11) is 0. The SMILES string of the molecule is Cc1ccc(N2CCN(Cn3c(O)c(N=NC(=O)COc4ccc5ccccc5c4)c4ccccc43)CC2)cc1. The third kappa shape index (κ3) is 5.39. The van der Waals surface area contributed by atoms with Crippen LogP contribution in [-0.2, 0) is 11.5 Å². The summed E-state index contributed by atoms with van der Waals surface area (Å²) in [5, 5.41) is 22.0. The maximum absolute atomic E-state index is 12.5. The average molecular weight is 534 g/mol. The second kappa shape index (κ2) is 11.2. The maximum atomic E-state index is 12.5. The minimum absolute atomic E-state index is 0.00541. The Bertz CT molecular complexity index is 1680. The Morgan fingerprint density at radius 1 is 0.875 bits per heavy atom. The molecule has 5 aromatic rings. The Morgan fingerprint density at radius 2 is 1.60 bits per heavy atom. The number of rotatable bonds is 7. The fraction of sp³-hybridized carbons (Fsp3) is 0.219. The molecular formula is C32H31N5O3. The van der Waals surface area contributed by atoms with Crippen LogP contribution in [0.5, 0.6) is 11.6 Å². The Kier molecular flexibility index (Phi) is 7.16. The molecular weight excluding hydrogens is 502 g/mol. The molecule has 40 heavy (non-hydrogen) atoms. The normalized spacial score (nSPS) is 14.4. The summed E-state index contributed by atoms with van der Waals surface area (Å²) in [6, 6.07) is 29.9. The van der Waals surface area contributed by atoms with E-state index in [0.29, 0.717) is 12.4 Å². The predicted molar refractivity (Wildman–Crippen MR) is 158 cm³/mol. The van der Waals surface area contributed by atoms with Crippen LogP contribution in [0.2, 0.25) is 0 Å². The Morgan fingerprint density at radius 3 is 2.40 bits per heavy atom. The van der Waals surface area contributed by atoms with Gasteiger partial charge in [0, 0.05) is 37.3 Å². The van der Waals surface area contributed by atoms with Gasteiger partial charge in [0.15, 0.2) is 12.3 Å². The van der Waals surface area contributed by atoms with E-state index in [1.807, 2.05) is 71.3 Å². The van der Waals surface area contributed by atoms with E-state index in [9.17, 15) is 9.90 Å². The highest BCUT2D eigenvalue weighted by Gasteiger charge is 2.22. The van der Waals surface area contributed by atoms with Gasteiger partial charge < -0.3 is 14.7 Å². The summed E-state index contributed by atoms with van der Waals surface area (Å²) in [6.45, 7) is 5.90. The molecule has 1 amide bonds. The number of hydrogen-bond acceptors (Lipinski definition) is 6. The van der Waals surface area contributed by atoms with Gasteiger partial charge in [0.25, 0.3) is 0 Å². The summed E-state index contributed by atoms with van der Waals surface area (Å²) in [5.74, 6) is 0.0509. The molecule has 6 rings (SSSR count). The van der Waals surface area contributed by atoms with E-state index in [2.05, 4.69) is 51.2 Å². The van der Waals surface area contributed by atoms with Gasteiger partial charge in [-0.1, -0.05) is 66.2 Å². The van der Waals surface area contributed by atoms with Crippen LogP contribution in [0.25, 0.3) is 21.7 Å². The van der Waals surface area contributed by atoms with Gasteiger partial charge in [-0.05, 0) is 48.0 Å². The van der Waals surface area contributed by atoms with E-state index in [1.54, 1.807) is 0 Å². The number of nitrogens with zero attached hydrogens (tertiary/aromatic N) is 5. The monoisotopic (exact) mass is 533 g/mol. The van der Waals surface area contributed by atoms with Crippen LogP contribution in [0, 0.1) is 6.92 Å². The number of ether oxygens (including phenoxy) is 1. The Labute approximate surface area is 232 Å². The summed E-state index contributed by atoms with van der Waals surface area (Å²) >= 11 is 0. The van der Waals surface area contributed by atoms with Gasteiger partial charge in [-0.25, -0.2) is 0 Å². The van der Waals surface area contributed by atoms with Gasteiger partial charge in [-0.3, -0.25) is 14.3 Å². The number of carbonyl (C=O) groups is 1. The van der Waals surface area contributed by atoms with E-state index in [0.717, 1.165) is 47.9 Å². The molecule has 2 heterocycles. The zero-order chi connectivity index (χ0) is 27.5. The standard InChI is InChI=1S/C32H31N5O3/c1-23-10-13-26(14-11-23)36-18-16-35(17-19-36)22-37-29-9-5-4-8-28(29)31(32(37)39)34-33-30(38)21-40-27-15-12-24-6-2-3-7-25(24)20-27/h2-15,20,39H,16-19,21-22H2,1H3. The zero-order valence-electron chi connectivity index (χ0n) is 22.4. The number of aryl methyl sites for hydroxylation is 1. The highest BCUT2D eigenvalue weighted by Crippen LogP contribution is 2.39. The number of hydrogen-bond donors (Lipinski definition) is 1. The zero-order valence-corrected chi connectivity index (χ0v) is 22.4. The van der Waals surface area contributed by atoms with Crippen molar-refractivity contribution in [3.63, 3.8) is 0 Å². The lowest BCUT2D eigenvalue weighted by molar-refractivity contribution is -0.120. The molecule has 1 aliphatic rings. The number of amides is 1. The van der Waals surface area contributed by atoms with E-state index in [1.165, 1.54) is 11.3 Å². The van der Waals surface area contributed by atoms with Crippen molar-refractivity contribution in [2.45, 2.75) is 13.6 Å². The molecule has 8 heteroatoms. The highest BCUT2D eigenvalue weighted by molar-refractivity contribution is 5.95. The first-order valence-corrected chi connectivity index (χ1v) is 13.5. The fourth-order valence-corrected chi connectivity index (χ4v) is 5.15.